The van der Waals surface area contributed by atoms with E-state index in [4.69, 9.17) is 0 Å². The van der Waals surface area contributed by atoms with Gasteiger partial charge < -0.3 is 15.2 Å². The Morgan fingerprint density at radius 1 is 1.42 bits per heavy atom. The molecule has 5 nitrogen and oxygen atoms in total. The van der Waals surface area contributed by atoms with Gasteiger partial charge in [-0.2, -0.15) is 0 Å². The number of hydrogen-bond donors (Lipinski definition) is 1. The summed E-state index contributed by atoms with van der Waals surface area (Å²) in [5.41, 5.74) is 1.29. The number of nitrogens with zero attached hydrogens (tertiary/aromatic N) is 2. The zero-order chi connectivity index (χ0) is 13.4. The highest BCUT2D eigenvalue weighted by molar-refractivity contribution is 7.19. The van der Waals surface area contributed by atoms with Gasteiger partial charge in [0.2, 0.25) is 0 Å². The van der Waals surface area contributed by atoms with Crippen molar-refractivity contribution in [2.75, 3.05) is 5.32 Å². The second kappa shape index (κ2) is 4.77. The smallest absolute Gasteiger partial charge is 0.138 e. The molecular formula is C13H14N3O2S-. The summed E-state index contributed by atoms with van der Waals surface area (Å²) in [6.07, 6.45) is 5.98. The van der Waals surface area contributed by atoms with E-state index in [1.807, 2.05) is 0 Å². The van der Waals surface area contributed by atoms with Crippen LogP contribution in [0.3, 0.4) is 0 Å². The van der Waals surface area contributed by atoms with Gasteiger partial charge in [-0.1, -0.05) is 0 Å². The van der Waals surface area contributed by atoms with Crippen molar-refractivity contribution in [1.29, 1.82) is 0 Å². The Hall–Kier alpha value is -1.69. The molecule has 0 amide bonds. The van der Waals surface area contributed by atoms with Crippen molar-refractivity contribution in [1.82, 2.24) is 9.97 Å². The summed E-state index contributed by atoms with van der Waals surface area (Å²) >= 11 is 1.70. The van der Waals surface area contributed by atoms with Crippen molar-refractivity contribution in [2.45, 2.75) is 38.6 Å². The Balaban J connectivity index is 2.09. The Bertz CT molecular complexity index is 638. The second-order valence-corrected chi connectivity index (χ2v) is 5.88. The molecule has 1 aliphatic carbocycles. The Morgan fingerprint density at radius 2 is 2.21 bits per heavy atom. The molecule has 19 heavy (non-hydrogen) atoms. The number of carboxylic acids is 1. The Morgan fingerprint density at radius 3 is 3.00 bits per heavy atom. The zero-order valence-corrected chi connectivity index (χ0v) is 11.4. The first kappa shape index (κ1) is 12.3. The lowest BCUT2D eigenvalue weighted by molar-refractivity contribution is -0.306. The normalized spacial score (nSPS) is 16.1. The average Bonchev–Trinajstić information content (AvgIpc) is 2.77. The fourth-order valence-electron chi connectivity index (χ4n) is 2.46. The highest BCUT2D eigenvalue weighted by Gasteiger charge is 2.20. The molecule has 0 aromatic carbocycles. The van der Waals surface area contributed by atoms with Crippen LogP contribution in [-0.4, -0.2) is 22.0 Å². The number of carbonyl (C=O) groups is 1. The number of nitrogens with one attached hydrogen (secondary N) is 1. The van der Waals surface area contributed by atoms with E-state index in [1.165, 1.54) is 29.6 Å². The van der Waals surface area contributed by atoms with Gasteiger partial charge in [0.25, 0.3) is 0 Å². The summed E-state index contributed by atoms with van der Waals surface area (Å²) in [7, 11) is 0. The average molecular weight is 276 g/mol. The second-order valence-electron chi connectivity index (χ2n) is 4.80. The van der Waals surface area contributed by atoms with E-state index in [9.17, 15) is 9.90 Å². The monoisotopic (exact) mass is 276 g/mol. The van der Waals surface area contributed by atoms with Crippen molar-refractivity contribution < 1.29 is 9.90 Å². The molecule has 2 aromatic rings. The third-order valence-corrected chi connectivity index (χ3v) is 4.66. The highest BCUT2D eigenvalue weighted by atomic mass is 32.1. The molecule has 1 N–H and O–H groups in total. The first-order valence-electron chi connectivity index (χ1n) is 6.39. The number of thiophene rings is 1. The molecule has 0 unspecified atom stereocenters. The Kier molecular flexibility index (Phi) is 3.10. The van der Waals surface area contributed by atoms with Crippen LogP contribution in [0.25, 0.3) is 10.2 Å². The number of carbonyl (C=O) groups excluding carboxylic acids is 1. The number of aliphatic carboxylic acids is 1. The van der Waals surface area contributed by atoms with E-state index >= 15 is 0 Å². The molecule has 2 heterocycles. The number of anilines is 1. The maximum absolute atomic E-state index is 10.9. The van der Waals surface area contributed by atoms with E-state index in [0.717, 1.165) is 23.1 Å². The van der Waals surface area contributed by atoms with Gasteiger partial charge in [-0.25, -0.2) is 9.97 Å². The molecule has 100 valence electrons. The predicted octanol–water partition coefficient (Wildman–Crippen LogP) is 1.12. The molecule has 2 aromatic heterocycles. The van der Waals surface area contributed by atoms with Crippen molar-refractivity contribution >= 4 is 33.3 Å². The molecule has 1 aliphatic rings. The van der Waals surface area contributed by atoms with E-state index < -0.39 is 12.0 Å². The lowest BCUT2D eigenvalue weighted by Gasteiger charge is -2.17. The van der Waals surface area contributed by atoms with E-state index in [2.05, 4.69) is 15.3 Å². The van der Waals surface area contributed by atoms with Gasteiger partial charge in [-0.05, 0) is 38.2 Å². The van der Waals surface area contributed by atoms with Crippen LogP contribution in [0, 0.1) is 0 Å². The molecular weight excluding hydrogens is 262 g/mol. The van der Waals surface area contributed by atoms with Crippen LogP contribution in [0.1, 0.15) is 30.2 Å². The first-order chi connectivity index (χ1) is 9.16. The topological polar surface area (TPSA) is 77.9 Å². The molecule has 0 spiro atoms. The van der Waals surface area contributed by atoms with Gasteiger partial charge in [-0.15, -0.1) is 11.3 Å². The fourth-order valence-corrected chi connectivity index (χ4v) is 3.69. The summed E-state index contributed by atoms with van der Waals surface area (Å²) in [6, 6.07) is -0.766. The van der Waals surface area contributed by atoms with Crippen molar-refractivity contribution in [2.24, 2.45) is 0 Å². The number of carboxylic acid groups (broad SMARTS) is 1. The summed E-state index contributed by atoms with van der Waals surface area (Å²) in [6.45, 7) is 1.56. The Labute approximate surface area is 114 Å². The summed E-state index contributed by atoms with van der Waals surface area (Å²) in [5.74, 6) is -0.517. The maximum Gasteiger partial charge on any atom is 0.138 e. The zero-order valence-electron chi connectivity index (χ0n) is 10.6. The molecule has 0 fully saturated rings. The lowest BCUT2D eigenvalue weighted by atomic mass is 9.97. The molecule has 0 saturated heterocycles. The summed E-state index contributed by atoms with van der Waals surface area (Å²) in [5, 5.41) is 14.8. The van der Waals surface area contributed by atoms with Gasteiger partial charge in [-0.3, -0.25) is 0 Å². The van der Waals surface area contributed by atoms with E-state index in [1.54, 1.807) is 18.3 Å². The van der Waals surface area contributed by atoms with Crippen LogP contribution in [0.15, 0.2) is 6.33 Å². The van der Waals surface area contributed by atoms with E-state index in [0.29, 0.717) is 5.82 Å². The van der Waals surface area contributed by atoms with Gasteiger partial charge in [0.15, 0.2) is 0 Å². The SMILES string of the molecule is C[C@@H](Nc1ncnc2sc3c(c12)CCCC3)C(=O)[O-]. The number of aromatic nitrogens is 2. The van der Waals surface area contributed by atoms with Crippen LogP contribution < -0.4 is 10.4 Å². The summed E-state index contributed by atoms with van der Waals surface area (Å²) in [4.78, 5) is 21.7. The predicted molar refractivity (Wildman–Crippen MR) is 72.1 cm³/mol. The first-order valence-corrected chi connectivity index (χ1v) is 7.21. The van der Waals surface area contributed by atoms with Gasteiger partial charge in [0.1, 0.15) is 17.0 Å². The van der Waals surface area contributed by atoms with Crippen LogP contribution in [0.4, 0.5) is 5.82 Å². The van der Waals surface area contributed by atoms with Crippen LogP contribution >= 0.6 is 11.3 Å². The minimum Gasteiger partial charge on any atom is -0.548 e. The highest BCUT2D eigenvalue weighted by Crippen LogP contribution is 2.38. The van der Waals surface area contributed by atoms with Gasteiger partial charge in [0, 0.05) is 4.88 Å². The van der Waals surface area contributed by atoms with Crippen molar-refractivity contribution in [3.05, 3.63) is 16.8 Å². The minimum absolute atomic E-state index is 0.612. The quantitative estimate of drug-likeness (QED) is 0.909. The molecule has 1 atom stereocenters. The van der Waals surface area contributed by atoms with E-state index in [-0.39, 0.29) is 0 Å². The van der Waals surface area contributed by atoms with Crippen molar-refractivity contribution in [3.8, 4) is 0 Å². The van der Waals surface area contributed by atoms with Crippen LogP contribution in [0.5, 0.6) is 0 Å². The number of aryl methyl sites for hydroxylation is 2. The van der Waals surface area contributed by atoms with Crippen LogP contribution in [0.2, 0.25) is 0 Å². The standard InChI is InChI=1S/C13H15N3O2S/c1-7(13(17)18)16-11-10-8-4-2-3-5-9(8)19-12(10)15-6-14-11/h6-7H,2-5H2,1H3,(H,17,18)(H,14,15,16)/p-1/t7-/m1/s1. The molecule has 3 rings (SSSR count). The third-order valence-electron chi connectivity index (χ3n) is 3.46. The number of fused-ring (bicyclic) bond motifs is 3. The fraction of sp³-hybridized carbons (Fsp3) is 0.462. The third kappa shape index (κ3) is 2.16. The number of rotatable bonds is 3. The summed E-state index contributed by atoms with van der Waals surface area (Å²) < 4.78 is 0. The minimum atomic E-state index is -1.13. The van der Waals surface area contributed by atoms with Crippen LogP contribution in [-0.2, 0) is 17.6 Å². The van der Waals surface area contributed by atoms with Gasteiger partial charge >= 0.3 is 0 Å². The van der Waals surface area contributed by atoms with Crippen molar-refractivity contribution in [3.63, 3.8) is 0 Å². The maximum atomic E-state index is 10.9. The molecule has 0 radical (unpaired) electrons. The molecule has 6 heteroatoms. The molecule has 0 aliphatic heterocycles. The number of hydrogen-bond acceptors (Lipinski definition) is 6. The van der Waals surface area contributed by atoms with Gasteiger partial charge in [0.05, 0.1) is 17.4 Å². The molecule has 0 saturated carbocycles. The largest absolute Gasteiger partial charge is 0.548 e. The molecule has 0 bridgehead atoms. The lowest BCUT2D eigenvalue weighted by Crippen LogP contribution is -2.38.